The van der Waals surface area contributed by atoms with E-state index in [9.17, 15) is 14.9 Å². The lowest BCUT2D eigenvalue weighted by Gasteiger charge is -2.06. The van der Waals surface area contributed by atoms with Gasteiger partial charge in [0.05, 0.1) is 20.7 Å². The van der Waals surface area contributed by atoms with Crippen LogP contribution in [-0.2, 0) is 0 Å². The standard InChI is InChI=1S/C15H7Cl3N2O3S/c16-7-1-4-10(17)11(5-7)19-15(21)14-13(18)9-3-2-8(20(22)23)6-12(9)24-14/h1-6H,(H,19,21). The predicted molar refractivity (Wildman–Crippen MR) is 97.9 cm³/mol. The van der Waals surface area contributed by atoms with Crippen LogP contribution in [0.5, 0.6) is 0 Å². The molecule has 1 aromatic heterocycles. The predicted octanol–water partition coefficient (Wildman–Crippen LogP) is 6.02. The number of carbonyl (C=O) groups is 1. The molecule has 1 heterocycles. The van der Waals surface area contributed by atoms with E-state index in [1.807, 2.05) is 0 Å². The highest BCUT2D eigenvalue weighted by molar-refractivity contribution is 7.21. The molecule has 2 aromatic carbocycles. The summed E-state index contributed by atoms with van der Waals surface area (Å²) < 4.78 is 0.552. The maximum atomic E-state index is 12.5. The second kappa shape index (κ2) is 6.57. The average molecular weight is 402 g/mol. The fourth-order valence-corrected chi connectivity index (χ4v) is 3.87. The lowest BCUT2D eigenvalue weighted by atomic mass is 10.2. The van der Waals surface area contributed by atoms with E-state index in [0.29, 0.717) is 25.8 Å². The smallest absolute Gasteiger partial charge is 0.270 e. The number of fused-ring (bicyclic) bond motifs is 1. The molecule has 122 valence electrons. The van der Waals surface area contributed by atoms with Crippen LogP contribution in [0.1, 0.15) is 9.67 Å². The molecule has 1 N–H and O–H groups in total. The van der Waals surface area contributed by atoms with Gasteiger partial charge in [0.1, 0.15) is 4.88 Å². The average Bonchev–Trinajstić information content (AvgIpc) is 2.87. The van der Waals surface area contributed by atoms with E-state index >= 15 is 0 Å². The molecule has 0 bridgehead atoms. The van der Waals surface area contributed by atoms with Gasteiger partial charge in [-0.3, -0.25) is 14.9 Å². The molecule has 1 amide bonds. The van der Waals surface area contributed by atoms with Crippen LogP contribution in [0.15, 0.2) is 36.4 Å². The number of hydrogen-bond acceptors (Lipinski definition) is 4. The second-order valence-electron chi connectivity index (χ2n) is 4.76. The van der Waals surface area contributed by atoms with Crippen molar-refractivity contribution < 1.29 is 9.72 Å². The van der Waals surface area contributed by atoms with Crippen molar-refractivity contribution in [1.29, 1.82) is 0 Å². The summed E-state index contributed by atoms with van der Waals surface area (Å²) in [5.74, 6) is -0.465. The minimum Gasteiger partial charge on any atom is -0.320 e. The Morgan fingerprint density at radius 3 is 2.58 bits per heavy atom. The Morgan fingerprint density at radius 2 is 1.88 bits per heavy atom. The molecule has 9 heteroatoms. The van der Waals surface area contributed by atoms with E-state index in [-0.39, 0.29) is 15.6 Å². The third-order valence-corrected chi connectivity index (χ3v) is 5.43. The third kappa shape index (κ3) is 3.18. The van der Waals surface area contributed by atoms with Crippen molar-refractivity contribution in [3.8, 4) is 0 Å². The van der Waals surface area contributed by atoms with Gasteiger partial charge in [-0.05, 0) is 24.3 Å². The number of benzene rings is 2. The van der Waals surface area contributed by atoms with Crippen LogP contribution in [0.2, 0.25) is 15.1 Å². The van der Waals surface area contributed by atoms with Crippen LogP contribution in [0.25, 0.3) is 10.1 Å². The summed E-state index contributed by atoms with van der Waals surface area (Å²) in [4.78, 5) is 23.1. The SMILES string of the molecule is O=C(Nc1cc(Cl)ccc1Cl)c1sc2cc([N+](=O)[O-])ccc2c1Cl. The van der Waals surface area contributed by atoms with Gasteiger partial charge >= 0.3 is 0 Å². The van der Waals surface area contributed by atoms with Gasteiger partial charge in [0.2, 0.25) is 0 Å². The largest absolute Gasteiger partial charge is 0.320 e. The van der Waals surface area contributed by atoms with Crippen molar-refractivity contribution in [2.45, 2.75) is 0 Å². The van der Waals surface area contributed by atoms with Gasteiger partial charge in [0.25, 0.3) is 11.6 Å². The normalized spacial score (nSPS) is 10.8. The number of nitro benzene ring substituents is 1. The summed E-state index contributed by atoms with van der Waals surface area (Å²) in [6, 6.07) is 8.94. The molecule has 0 radical (unpaired) electrons. The van der Waals surface area contributed by atoms with Crippen LogP contribution in [-0.4, -0.2) is 10.8 Å². The van der Waals surface area contributed by atoms with E-state index < -0.39 is 10.8 Å². The maximum Gasteiger partial charge on any atom is 0.270 e. The van der Waals surface area contributed by atoms with Crippen LogP contribution in [0.4, 0.5) is 11.4 Å². The van der Waals surface area contributed by atoms with Gasteiger partial charge in [-0.25, -0.2) is 0 Å². The van der Waals surface area contributed by atoms with Gasteiger partial charge in [0.15, 0.2) is 0 Å². The topological polar surface area (TPSA) is 72.2 Å². The molecule has 3 rings (SSSR count). The molecule has 24 heavy (non-hydrogen) atoms. The zero-order valence-electron chi connectivity index (χ0n) is 11.7. The van der Waals surface area contributed by atoms with Crippen molar-refractivity contribution in [2.24, 2.45) is 0 Å². The molecule has 0 atom stereocenters. The summed E-state index contributed by atoms with van der Waals surface area (Å²) in [7, 11) is 0. The number of amides is 1. The highest BCUT2D eigenvalue weighted by Gasteiger charge is 2.20. The van der Waals surface area contributed by atoms with E-state index in [1.54, 1.807) is 12.1 Å². The van der Waals surface area contributed by atoms with Crippen LogP contribution < -0.4 is 5.32 Å². The molecule has 3 aromatic rings. The first-order chi connectivity index (χ1) is 11.4. The number of nitrogens with one attached hydrogen (secondary N) is 1. The number of nitro groups is 1. The third-order valence-electron chi connectivity index (χ3n) is 3.21. The van der Waals surface area contributed by atoms with Gasteiger partial charge in [0, 0.05) is 27.2 Å². The molecule has 0 saturated carbocycles. The van der Waals surface area contributed by atoms with Crippen molar-refractivity contribution in [3.63, 3.8) is 0 Å². The first-order valence-electron chi connectivity index (χ1n) is 6.49. The Kier molecular flexibility index (Phi) is 4.64. The lowest BCUT2D eigenvalue weighted by molar-refractivity contribution is -0.384. The summed E-state index contributed by atoms with van der Waals surface area (Å²) in [6.45, 7) is 0. The number of carbonyl (C=O) groups excluding carboxylic acids is 1. The Bertz CT molecular complexity index is 987. The summed E-state index contributed by atoms with van der Waals surface area (Å²) in [5.41, 5.74) is 0.291. The minimum absolute atomic E-state index is 0.0646. The van der Waals surface area contributed by atoms with Crippen LogP contribution in [0.3, 0.4) is 0 Å². The Balaban J connectivity index is 1.99. The number of anilines is 1. The summed E-state index contributed by atoms with van der Waals surface area (Å²) >= 11 is 19.2. The van der Waals surface area contributed by atoms with E-state index in [4.69, 9.17) is 34.8 Å². The van der Waals surface area contributed by atoms with Crippen LogP contribution >= 0.6 is 46.1 Å². The molecule has 0 unspecified atom stereocenters. The highest BCUT2D eigenvalue weighted by Crippen LogP contribution is 2.38. The van der Waals surface area contributed by atoms with Gasteiger partial charge in [-0.2, -0.15) is 0 Å². The van der Waals surface area contributed by atoms with E-state index in [2.05, 4.69) is 5.32 Å². The molecule has 0 aliphatic carbocycles. The van der Waals surface area contributed by atoms with E-state index in [1.165, 1.54) is 24.3 Å². The summed E-state index contributed by atoms with van der Waals surface area (Å²) in [6.07, 6.45) is 0. The monoisotopic (exact) mass is 400 g/mol. The lowest BCUT2D eigenvalue weighted by Crippen LogP contribution is -2.11. The molecule has 0 spiro atoms. The van der Waals surface area contributed by atoms with Crippen LogP contribution in [0, 0.1) is 10.1 Å². The van der Waals surface area contributed by atoms with E-state index in [0.717, 1.165) is 11.3 Å². The number of nitrogens with zero attached hydrogens (tertiary/aromatic N) is 1. The Labute approximate surface area is 154 Å². The molecular weight excluding hydrogens is 395 g/mol. The quantitative estimate of drug-likeness (QED) is 0.430. The number of non-ortho nitro benzene ring substituents is 1. The Hall–Kier alpha value is -1.86. The molecule has 0 saturated heterocycles. The first kappa shape index (κ1) is 17.0. The highest BCUT2D eigenvalue weighted by atomic mass is 35.5. The first-order valence-corrected chi connectivity index (χ1v) is 8.44. The number of halogens is 3. The molecule has 0 aliphatic heterocycles. The van der Waals surface area contributed by atoms with Gasteiger partial charge in [-0.15, -0.1) is 11.3 Å². The fraction of sp³-hybridized carbons (Fsp3) is 0. The van der Waals surface area contributed by atoms with Crippen molar-refractivity contribution in [1.82, 2.24) is 0 Å². The molecule has 0 fully saturated rings. The number of hydrogen-bond donors (Lipinski definition) is 1. The van der Waals surface area contributed by atoms with Crippen molar-refractivity contribution >= 4 is 73.5 Å². The fourth-order valence-electron chi connectivity index (χ4n) is 2.09. The van der Waals surface area contributed by atoms with Gasteiger partial charge in [-0.1, -0.05) is 34.8 Å². The molecular formula is C15H7Cl3N2O3S. The van der Waals surface area contributed by atoms with Gasteiger partial charge < -0.3 is 5.32 Å². The van der Waals surface area contributed by atoms with Crippen molar-refractivity contribution in [3.05, 3.63) is 66.5 Å². The number of rotatable bonds is 3. The molecule has 0 aliphatic rings. The zero-order chi connectivity index (χ0) is 17.4. The molecule has 5 nitrogen and oxygen atoms in total. The van der Waals surface area contributed by atoms with Crippen molar-refractivity contribution in [2.75, 3.05) is 5.32 Å². The summed E-state index contributed by atoms with van der Waals surface area (Å²) in [5, 5.41) is 15.1. The second-order valence-corrected chi connectivity index (χ2v) is 7.03. The zero-order valence-corrected chi connectivity index (χ0v) is 14.8. The minimum atomic E-state index is -0.501. The maximum absolute atomic E-state index is 12.5. The Morgan fingerprint density at radius 1 is 1.12 bits per heavy atom. The number of thiophene rings is 1.